The molecule has 0 saturated carbocycles. The molecule has 1 amide bonds. The topological polar surface area (TPSA) is 81.5 Å². The SMILES string of the molecule is Cc1ccc(-n2c(SCC(=O)Nc3ccc(OC(F)F)cc3)nnc2N2CCOCC2)cc1. The Morgan fingerprint density at radius 1 is 1.12 bits per heavy atom. The van der Waals surface area contributed by atoms with Crippen LogP contribution in [0.2, 0.25) is 0 Å². The fourth-order valence-corrected chi connectivity index (χ4v) is 4.04. The monoisotopic (exact) mass is 475 g/mol. The predicted octanol–water partition coefficient (Wildman–Crippen LogP) is 3.74. The Morgan fingerprint density at radius 2 is 1.82 bits per heavy atom. The average molecular weight is 476 g/mol. The van der Waals surface area contributed by atoms with Crippen molar-refractivity contribution in [3.63, 3.8) is 0 Å². The molecule has 1 aromatic heterocycles. The van der Waals surface area contributed by atoms with E-state index in [1.54, 1.807) is 0 Å². The molecule has 0 unspecified atom stereocenters. The van der Waals surface area contributed by atoms with Crippen molar-refractivity contribution >= 4 is 29.3 Å². The van der Waals surface area contributed by atoms with E-state index in [4.69, 9.17) is 4.74 Å². The molecule has 1 saturated heterocycles. The normalized spacial score (nSPS) is 13.9. The molecular weight excluding hydrogens is 452 g/mol. The third-order valence-electron chi connectivity index (χ3n) is 4.90. The van der Waals surface area contributed by atoms with Gasteiger partial charge in [-0.05, 0) is 43.3 Å². The number of rotatable bonds is 8. The molecule has 174 valence electrons. The first-order valence-corrected chi connectivity index (χ1v) is 11.3. The van der Waals surface area contributed by atoms with Crippen LogP contribution in [0.3, 0.4) is 0 Å². The largest absolute Gasteiger partial charge is 0.435 e. The van der Waals surface area contributed by atoms with E-state index in [0.29, 0.717) is 43.1 Å². The van der Waals surface area contributed by atoms with Crippen LogP contribution in [0.4, 0.5) is 20.4 Å². The number of nitrogens with zero attached hydrogens (tertiary/aromatic N) is 4. The summed E-state index contributed by atoms with van der Waals surface area (Å²) in [5.74, 6) is 0.579. The van der Waals surface area contributed by atoms with Crippen molar-refractivity contribution < 1.29 is 23.0 Å². The lowest BCUT2D eigenvalue weighted by Gasteiger charge is -2.27. The fourth-order valence-electron chi connectivity index (χ4n) is 3.29. The summed E-state index contributed by atoms with van der Waals surface area (Å²) >= 11 is 1.27. The highest BCUT2D eigenvalue weighted by molar-refractivity contribution is 7.99. The second-order valence-electron chi connectivity index (χ2n) is 7.29. The summed E-state index contributed by atoms with van der Waals surface area (Å²) < 4.78 is 36.2. The summed E-state index contributed by atoms with van der Waals surface area (Å²) in [7, 11) is 0. The third kappa shape index (κ3) is 5.99. The van der Waals surface area contributed by atoms with Gasteiger partial charge >= 0.3 is 6.61 Å². The van der Waals surface area contributed by atoms with Crippen LogP contribution >= 0.6 is 11.8 Å². The first-order chi connectivity index (χ1) is 16.0. The second kappa shape index (κ2) is 10.6. The number of anilines is 2. The molecule has 33 heavy (non-hydrogen) atoms. The van der Waals surface area contributed by atoms with Gasteiger partial charge in [0, 0.05) is 18.8 Å². The zero-order chi connectivity index (χ0) is 23.2. The maximum absolute atomic E-state index is 12.5. The number of hydrogen-bond donors (Lipinski definition) is 1. The molecule has 0 atom stereocenters. The van der Waals surface area contributed by atoms with E-state index >= 15 is 0 Å². The maximum Gasteiger partial charge on any atom is 0.387 e. The number of morpholine rings is 1. The van der Waals surface area contributed by atoms with E-state index in [1.165, 1.54) is 36.0 Å². The van der Waals surface area contributed by atoms with Crippen LogP contribution in [-0.4, -0.2) is 59.3 Å². The fraction of sp³-hybridized carbons (Fsp3) is 0.318. The minimum absolute atomic E-state index is 0.0271. The number of halogens is 2. The van der Waals surface area contributed by atoms with E-state index in [9.17, 15) is 13.6 Å². The second-order valence-corrected chi connectivity index (χ2v) is 8.24. The van der Waals surface area contributed by atoms with Crippen molar-refractivity contribution in [3.8, 4) is 11.4 Å². The van der Waals surface area contributed by atoms with Crippen LogP contribution in [-0.2, 0) is 9.53 Å². The number of aromatic nitrogens is 3. The molecule has 3 aromatic rings. The van der Waals surface area contributed by atoms with Gasteiger partial charge in [0.15, 0.2) is 5.16 Å². The van der Waals surface area contributed by atoms with Gasteiger partial charge in [-0.25, -0.2) is 0 Å². The van der Waals surface area contributed by atoms with Gasteiger partial charge < -0.3 is 19.7 Å². The van der Waals surface area contributed by atoms with Crippen LogP contribution < -0.4 is 15.0 Å². The molecule has 8 nitrogen and oxygen atoms in total. The Morgan fingerprint density at radius 3 is 2.48 bits per heavy atom. The lowest BCUT2D eigenvalue weighted by molar-refractivity contribution is -0.113. The Balaban J connectivity index is 1.46. The molecule has 0 radical (unpaired) electrons. The zero-order valence-corrected chi connectivity index (χ0v) is 18.7. The number of hydrogen-bond acceptors (Lipinski definition) is 7. The molecular formula is C22H23F2N5O3S. The third-order valence-corrected chi connectivity index (χ3v) is 5.83. The van der Waals surface area contributed by atoms with Crippen LogP contribution in [0.25, 0.3) is 5.69 Å². The highest BCUT2D eigenvalue weighted by Gasteiger charge is 2.22. The van der Waals surface area contributed by atoms with Crippen molar-refractivity contribution in [1.29, 1.82) is 0 Å². The van der Waals surface area contributed by atoms with Crippen LogP contribution in [0.15, 0.2) is 53.7 Å². The summed E-state index contributed by atoms with van der Waals surface area (Å²) in [6.45, 7) is 1.78. The van der Waals surface area contributed by atoms with Crippen molar-refractivity contribution in [2.75, 3.05) is 42.3 Å². The number of benzene rings is 2. The maximum atomic E-state index is 12.5. The number of nitrogens with one attached hydrogen (secondary N) is 1. The highest BCUT2D eigenvalue weighted by Crippen LogP contribution is 2.27. The summed E-state index contributed by atoms with van der Waals surface area (Å²) in [4.78, 5) is 14.6. The van der Waals surface area contributed by atoms with Crippen molar-refractivity contribution in [2.45, 2.75) is 18.7 Å². The number of carbonyl (C=O) groups is 1. The summed E-state index contributed by atoms with van der Waals surface area (Å²) in [5.41, 5.74) is 2.53. The molecule has 0 aliphatic carbocycles. The van der Waals surface area contributed by atoms with E-state index in [1.807, 2.05) is 35.8 Å². The number of amides is 1. The summed E-state index contributed by atoms with van der Waals surface area (Å²) in [5, 5.41) is 12.1. The first-order valence-electron chi connectivity index (χ1n) is 10.3. The Bertz CT molecular complexity index is 1070. The van der Waals surface area contributed by atoms with Crippen LogP contribution in [0, 0.1) is 6.92 Å². The van der Waals surface area contributed by atoms with Gasteiger partial charge in [0.2, 0.25) is 11.9 Å². The Kier molecular flexibility index (Phi) is 7.40. The molecule has 0 bridgehead atoms. The number of alkyl halides is 2. The number of aryl methyl sites for hydroxylation is 1. The van der Waals surface area contributed by atoms with Crippen molar-refractivity contribution in [2.24, 2.45) is 0 Å². The first kappa shape index (κ1) is 23.0. The van der Waals surface area contributed by atoms with Crippen LogP contribution in [0.5, 0.6) is 5.75 Å². The van der Waals surface area contributed by atoms with Gasteiger partial charge in [-0.2, -0.15) is 8.78 Å². The van der Waals surface area contributed by atoms with E-state index in [-0.39, 0.29) is 17.4 Å². The molecule has 1 N–H and O–H groups in total. The minimum atomic E-state index is -2.89. The number of thioether (sulfide) groups is 1. The van der Waals surface area contributed by atoms with Gasteiger partial charge in [-0.3, -0.25) is 9.36 Å². The molecule has 1 aliphatic heterocycles. The minimum Gasteiger partial charge on any atom is -0.435 e. The molecule has 4 rings (SSSR count). The molecule has 1 aliphatic rings. The van der Waals surface area contributed by atoms with Gasteiger partial charge in [-0.1, -0.05) is 29.5 Å². The molecule has 2 heterocycles. The van der Waals surface area contributed by atoms with Gasteiger partial charge in [0.25, 0.3) is 0 Å². The van der Waals surface area contributed by atoms with Crippen molar-refractivity contribution in [3.05, 3.63) is 54.1 Å². The highest BCUT2D eigenvalue weighted by atomic mass is 32.2. The Labute approximate surface area is 193 Å². The molecule has 11 heteroatoms. The summed E-state index contributed by atoms with van der Waals surface area (Å²) in [6.07, 6.45) is 0. The smallest absolute Gasteiger partial charge is 0.387 e. The van der Waals surface area contributed by atoms with Gasteiger partial charge in [0.05, 0.1) is 24.7 Å². The van der Waals surface area contributed by atoms with E-state index < -0.39 is 6.61 Å². The lowest BCUT2D eigenvalue weighted by atomic mass is 10.2. The predicted molar refractivity (Wildman–Crippen MR) is 122 cm³/mol. The van der Waals surface area contributed by atoms with Gasteiger partial charge in [0.1, 0.15) is 5.75 Å². The zero-order valence-electron chi connectivity index (χ0n) is 17.9. The van der Waals surface area contributed by atoms with E-state index in [2.05, 4.69) is 25.2 Å². The molecule has 1 fully saturated rings. The molecule has 0 spiro atoms. The summed E-state index contributed by atoms with van der Waals surface area (Å²) in [6, 6.07) is 13.8. The number of ether oxygens (including phenoxy) is 2. The quantitative estimate of drug-likeness (QED) is 0.497. The van der Waals surface area contributed by atoms with Gasteiger partial charge in [-0.15, -0.1) is 10.2 Å². The Hall–Kier alpha value is -3.18. The standard InChI is InChI=1S/C22H23F2N5O3S/c1-15-2-6-17(7-3-15)29-21(28-10-12-31-13-11-28)26-27-22(29)33-14-19(30)25-16-4-8-18(9-5-16)32-20(23)24/h2-9,20H,10-14H2,1H3,(H,25,30). The van der Waals surface area contributed by atoms with Crippen LogP contribution in [0.1, 0.15) is 5.56 Å². The number of carbonyl (C=O) groups excluding carboxylic acids is 1. The van der Waals surface area contributed by atoms with Crippen molar-refractivity contribution in [1.82, 2.24) is 14.8 Å². The lowest BCUT2D eigenvalue weighted by Crippen LogP contribution is -2.37. The van der Waals surface area contributed by atoms with E-state index in [0.717, 1.165) is 11.3 Å². The average Bonchev–Trinajstić information content (AvgIpc) is 3.24. The molecule has 2 aromatic carbocycles.